The van der Waals surface area contributed by atoms with Crippen molar-refractivity contribution in [3.8, 4) is 0 Å². The lowest BCUT2D eigenvalue weighted by molar-refractivity contribution is 0.925. The molecule has 0 radical (unpaired) electrons. The molecule has 2 nitrogen and oxygen atoms in total. The lowest BCUT2D eigenvalue weighted by atomic mass is 9.93. The van der Waals surface area contributed by atoms with Crippen LogP contribution in [0.1, 0.15) is 24.0 Å². The van der Waals surface area contributed by atoms with Gasteiger partial charge >= 0.3 is 0 Å². The molecule has 2 heteroatoms. The maximum atomic E-state index is 10.2. The molecule has 0 unspecified atom stereocenters. The molecule has 0 atom stereocenters. The molecule has 0 amide bonds. The predicted octanol–water partition coefficient (Wildman–Crippen LogP) is 3.87. The molecule has 1 aliphatic rings. The minimum absolute atomic E-state index is 0.331. The Balaban J connectivity index is 2.18. The third-order valence-corrected chi connectivity index (χ3v) is 2.93. The second-order valence-corrected chi connectivity index (χ2v) is 4.17. The van der Waals surface area contributed by atoms with Gasteiger partial charge < -0.3 is 0 Å². The van der Waals surface area contributed by atoms with Crippen LogP contribution in [0.15, 0.2) is 47.2 Å². The van der Waals surface area contributed by atoms with Gasteiger partial charge in [0.2, 0.25) is 0 Å². The Hall–Kier alpha value is -1.70. The fourth-order valence-electron chi connectivity index (χ4n) is 1.90. The summed E-state index contributed by atoms with van der Waals surface area (Å²) < 4.78 is 0. The topological polar surface area (TPSA) is 29.4 Å². The van der Waals surface area contributed by atoms with E-state index in [4.69, 9.17) is 0 Å². The van der Waals surface area contributed by atoms with Crippen molar-refractivity contribution in [2.24, 2.45) is 5.18 Å². The summed E-state index contributed by atoms with van der Waals surface area (Å²) in [4.78, 5) is 10.2. The lowest BCUT2D eigenvalue weighted by Crippen LogP contribution is -1.96. The summed E-state index contributed by atoms with van der Waals surface area (Å²) >= 11 is 0. The first kappa shape index (κ1) is 10.8. The van der Waals surface area contributed by atoms with Gasteiger partial charge in [0.15, 0.2) is 0 Å². The van der Waals surface area contributed by atoms with Crippen LogP contribution in [-0.4, -0.2) is 6.54 Å². The van der Waals surface area contributed by atoms with Crippen molar-refractivity contribution in [2.45, 2.75) is 19.8 Å². The van der Waals surface area contributed by atoms with Gasteiger partial charge in [-0.2, -0.15) is 4.91 Å². The van der Waals surface area contributed by atoms with E-state index in [1.165, 1.54) is 16.7 Å². The van der Waals surface area contributed by atoms with E-state index in [-0.39, 0.29) is 0 Å². The predicted molar refractivity (Wildman–Crippen MR) is 67.1 cm³/mol. The summed E-state index contributed by atoms with van der Waals surface area (Å²) in [6.45, 7) is 2.42. The molecule has 0 saturated heterocycles. The molecule has 0 spiro atoms. The largest absolute Gasteiger partial charge is 0.150 e. The number of allylic oxidation sites excluding steroid dienone is 3. The van der Waals surface area contributed by atoms with Gasteiger partial charge in [0.05, 0.1) is 0 Å². The average Bonchev–Trinajstić information content (AvgIpc) is 2.32. The van der Waals surface area contributed by atoms with Crippen LogP contribution in [0.5, 0.6) is 0 Å². The third-order valence-electron chi connectivity index (χ3n) is 2.93. The van der Waals surface area contributed by atoms with Crippen LogP contribution in [0.2, 0.25) is 0 Å². The van der Waals surface area contributed by atoms with E-state index in [1.54, 1.807) is 0 Å². The van der Waals surface area contributed by atoms with Gasteiger partial charge in [0.25, 0.3) is 0 Å². The molecule has 1 aliphatic carbocycles. The van der Waals surface area contributed by atoms with Gasteiger partial charge in [-0.05, 0) is 36.5 Å². The van der Waals surface area contributed by atoms with Crippen LogP contribution in [0, 0.1) is 11.8 Å². The van der Waals surface area contributed by atoms with Gasteiger partial charge in [0, 0.05) is 0 Å². The van der Waals surface area contributed by atoms with Crippen molar-refractivity contribution in [2.75, 3.05) is 6.54 Å². The average molecular weight is 213 g/mol. The highest BCUT2D eigenvalue weighted by Crippen LogP contribution is 2.26. The number of nitrogens with zero attached hydrogens (tertiary/aromatic N) is 1. The van der Waals surface area contributed by atoms with Gasteiger partial charge in [-0.15, -0.1) is 0 Å². The first-order valence-corrected chi connectivity index (χ1v) is 5.54. The second-order valence-electron chi connectivity index (χ2n) is 4.17. The summed E-state index contributed by atoms with van der Waals surface area (Å²) in [5.74, 6) is 0. The molecule has 82 valence electrons. The van der Waals surface area contributed by atoms with Crippen LogP contribution in [0.25, 0.3) is 5.57 Å². The molecule has 1 aromatic rings. The Morgan fingerprint density at radius 2 is 1.88 bits per heavy atom. The first-order chi connectivity index (χ1) is 7.79. The quantitative estimate of drug-likeness (QED) is 0.701. The number of nitroso groups, excluding NO2 is 1. The molecule has 0 bridgehead atoms. The molecule has 1 aromatic carbocycles. The second kappa shape index (κ2) is 4.88. The van der Waals surface area contributed by atoms with E-state index >= 15 is 0 Å². The Morgan fingerprint density at radius 3 is 2.44 bits per heavy atom. The smallest absolute Gasteiger partial charge is 0.102 e. The number of rotatable bonds is 3. The summed E-state index contributed by atoms with van der Waals surface area (Å²) in [6.07, 6.45) is 6.09. The van der Waals surface area contributed by atoms with Crippen molar-refractivity contribution in [3.05, 3.63) is 58.0 Å². The highest BCUT2D eigenvalue weighted by atomic mass is 16.3. The molecular weight excluding hydrogens is 198 g/mol. The zero-order valence-corrected chi connectivity index (χ0v) is 9.44. The van der Waals surface area contributed by atoms with Crippen LogP contribution < -0.4 is 0 Å². The maximum absolute atomic E-state index is 10.2. The van der Waals surface area contributed by atoms with E-state index in [9.17, 15) is 4.91 Å². The fraction of sp³-hybridized carbons (Fsp3) is 0.286. The zero-order valence-electron chi connectivity index (χ0n) is 9.44. The van der Waals surface area contributed by atoms with Gasteiger partial charge in [-0.3, -0.25) is 0 Å². The zero-order chi connectivity index (χ0) is 11.4. The summed E-state index contributed by atoms with van der Waals surface area (Å²) in [6, 6.07) is 8.56. The SMILES string of the molecule is Cc1ccc(C2=CC=C(CN=O)CC2)cc1. The summed E-state index contributed by atoms with van der Waals surface area (Å²) in [7, 11) is 0. The van der Waals surface area contributed by atoms with Crippen LogP contribution in [-0.2, 0) is 0 Å². The Bertz CT molecular complexity index is 440. The number of hydrogen-bond acceptors (Lipinski definition) is 2. The Kier molecular flexibility index (Phi) is 3.30. The van der Waals surface area contributed by atoms with Gasteiger partial charge in [-0.25, -0.2) is 0 Å². The minimum Gasteiger partial charge on any atom is -0.150 e. The summed E-state index contributed by atoms with van der Waals surface area (Å²) in [5, 5.41) is 2.92. The first-order valence-electron chi connectivity index (χ1n) is 5.54. The molecule has 16 heavy (non-hydrogen) atoms. The van der Waals surface area contributed by atoms with Crippen molar-refractivity contribution in [1.82, 2.24) is 0 Å². The van der Waals surface area contributed by atoms with E-state index < -0.39 is 0 Å². The standard InChI is InChI=1S/C14H15NO/c1-11-2-6-13(7-3-11)14-8-4-12(5-9-14)10-15-16/h2-4,6-8H,5,9-10H2,1H3. The lowest BCUT2D eigenvalue weighted by Gasteiger charge is -2.13. The van der Waals surface area contributed by atoms with Gasteiger partial charge in [-0.1, -0.05) is 47.2 Å². The van der Waals surface area contributed by atoms with E-state index in [0.29, 0.717) is 6.54 Å². The number of aryl methyl sites for hydroxylation is 1. The Labute approximate surface area is 95.7 Å². The van der Waals surface area contributed by atoms with E-state index in [1.807, 2.05) is 6.08 Å². The third kappa shape index (κ3) is 2.45. The summed E-state index contributed by atoms with van der Waals surface area (Å²) in [5.41, 5.74) is 5.03. The normalized spacial score (nSPS) is 15.3. The molecule has 2 rings (SSSR count). The van der Waals surface area contributed by atoms with Crippen LogP contribution in [0.3, 0.4) is 0 Å². The number of benzene rings is 1. The molecule has 0 aliphatic heterocycles. The van der Waals surface area contributed by atoms with Gasteiger partial charge in [0.1, 0.15) is 6.54 Å². The molecule has 0 heterocycles. The minimum atomic E-state index is 0.331. The van der Waals surface area contributed by atoms with Crippen molar-refractivity contribution in [3.63, 3.8) is 0 Å². The molecule has 0 aromatic heterocycles. The van der Waals surface area contributed by atoms with E-state index in [2.05, 4.69) is 42.4 Å². The fourth-order valence-corrected chi connectivity index (χ4v) is 1.90. The maximum Gasteiger partial charge on any atom is 0.102 e. The van der Waals surface area contributed by atoms with Crippen molar-refractivity contribution >= 4 is 5.57 Å². The monoisotopic (exact) mass is 213 g/mol. The number of hydrogen-bond donors (Lipinski definition) is 0. The van der Waals surface area contributed by atoms with Crippen molar-refractivity contribution in [1.29, 1.82) is 0 Å². The van der Waals surface area contributed by atoms with Crippen molar-refractivity contribution < 1.29 is 0 Å². The highest BCUT2D eigenvalue weighted by Gasteiger charge is 2.07. The molecule has 0 N–H and O–H groups in total. The molecule has 0 saturated carbocycles. The highest BCUT2D eigenvalue weighted by molar-refractivity contribution is 5.68. The van der Waals surface area contributed by atoms with Crippen LogP contribution >= 0.6 is 0 Å². The molecular formula is C14H15NO. The Morgan fingerprint density at radius 1 is 1.12 bits per heavy atom. The van der Waals surface area contributed by atoms with Crippen LogP contribution in [0.4, 0.5) is 0 Å². The van der Waals surface area contributed by atoms with E-state index in [0.717, 1.165) is 18.4 Å². The molecule has 0 fully saturated rings.